The number of aromatic nitrogens is 2. The zero-order valence-corrected chi connectivity index (χ0v) is 15.3. The van der Waals surface area contributed by atoms with Crippen molar-refractivity contribution in [3.05, 3.63) is 17.0 Å². The quantitative estimate of drug-likeness (QED) is 0.436. The number of guanidine groups is 1. The molecule has 1 rings (SSSR count). The lowest BCUT2D eigenvalue weighted by molar-refractivity contribution is 0.182. The first-order valence-electron chi connectivity index (χ1n) is 6.54. The van der Waals surface area contributed by atoms with Gasteiger partial charge in [-0.25, -0.2) is 4.99 Å². The third kappa shape index (κ3) is 5.66. The molecule has 0 aliphatic rings. The molecule has 116 valence electrons. The maximum Gasteiger partial charge on any atom is 0.189 e. The van der Waals surface area contributed by atoms with E-state index < -0.39 is 0 Å². The summed E-state index contributed by atoms with van der Waals surface area (Å²) in [4.78, 5) is 4.35. The van der Waals surface area contributed by atoms with Gasteiger partial charge in [-0.2, -0.15) is 5.10 Å². The molecular formula is C13H26IN5O. The van der Waals surface area contributed by atoms with Gasteiger partial charge >= 0.3 is 0 Å². The van der Waals surface area contributed by atoms with Crippen molar-refractivity contribution in [1.29, 1.82) is 0 Å². The van der Waals surface area contributed by atoms with E-state index in [1.807, 2.05) is 32.4 Å². The molecule has 0 atom stereocenters. The topological polar surface area (TPSA) is 77.5 Å². The largest absolute Gasteiger partial charge is 0.383 e. The summed E-state index contributed by atoms with van der Waals surface area (Å²) < 4.78 is 7.03. The number of hydrogen-bond donors (Lipinski definition) is 2. The normalized spacial score (nSPS) is 11.6. The molecule has 0 aromatic carbocycles. The molecule has 6 nitrogen and oxygen atoms in total. The van der Waals surface area contributed by atoms with Crippen molar-refractivity contribution in [3.63, 3.8) is 0 Å². The molecule has 0 saturated heterocycles. The van der Waals surface area contributed by atoms with Gasteiger partial charge < -0.3 is 15.8 Å². The highest BCUT2D eigenvalue weighted by atomic mass is 127. The standard InChI is InChI=1S/C13H25N5O.HI/c1-9(2)16-13(14)15-8-12-10(3)17-18(11(12)4)6-7-19-5;/h9H,6-8H2,1-5H3,(H3,14,15,16);1H. The molecule has 0 aliphatic heterocycles. The van der Waals surface area contributed by atoms with Gasteiger partial charge in [-0.3, -0.25) is 4.68 Å². The predicted molar refractivity (Wildman–Crippen MR) is 92.6 cm³/mol. The Hall–Kier alpha value is -0.830. The van der Waals surface area contributed by atoms with E-state index >= 15 is 0 Å². The number of rotatable bonds is 6. The number of ether oxygens (including phenoxy) is 1. The van der Waals surface area contributed by atoms with Gasteiger partial charge in [-0.05, 0) is 27.7 Å². The van der Waals surface area contributed by atoms with Crippen LogP contribution in [0, 0.1) is 13.8 Å². The lowest BCUT2D eigenvalue weighted by atomic mass is 10.2. The van der Waals surface area contributed by atoms with E-state index in [2.05, 4.69) is 15.4 Å². The molecular weight excluding hydrogens is 369 g/mol. The third-order valence-corrected chi connectivity index (χ3v) is 2.88. The summed E-state index contributed by atoms with van der Waals surface area (Å²) in [5.41, 5.74) is 9.05. The Kier molecular flexibility index (Phi) is 8.79. The number of hydrogen-bond acceptors (Lipinski definition) is 3. The van der Waals surface area contributed by atoms with Crippen LogP contribution in [0.4, 0.5) is 0 Å². The lowest BCUT2D eigenvalue weighted by Gasteiger charge is -2.08. The molecule has 0 radical (unpaired) electrons. The van der Waals surface area contributed by atoms with Crippen LogP contribution < -0.4 is 11.1 Å². The van der Waals surface area contributed by atoms with Crippen molar-refractivity contribution in [2.45, 2.75) is 46.8 Å². The van der Waals surface area contributed by atoms with Gasteiger partial charge in [0, 0.05) is 24.4 Å². The van der Waals surface area contributed by atoms with E-state index in [0.717, 1.165) is 23.5 Å². The number of methoxy groups -OCH3 is 1. The minimum Gasteiger partial charge on any atom is -0.383 e. The van der Waals surface area contributed by atoms with Crippen molar-refractivity contribution in [1.82, 2.24) is 15.1 Å². The van der Waals surface area contributed by atoms with Crippen molar-refractivity contribution in [3.8, 4) is 0 Å². The molecule has 7 heteroatoms. The van der Waals surface area contributed by atoms with E-state index in [1.165, 1.54) is 0 Å². The fourth-order valence-electron chi connectivity index (χ4n) is 1.86. The van der Waals surface area contributed by atoms with E-state index in [9.17, 15) is 0 Å². The fourth-order valence-corrected chi connectivity index (χ4v) is 1.86. The Bertz CT molecular complexity index is 442. The molecule has 0 amide bonds. The number of halogens is 1. The number of nitrogens with two attached hydrogens (primary N) is 1. The highest BCUT2D eigenvalue weighted by Crippen LogP contribution is 2.14. The number of nitrogens with one attached hydrogen (secondary N) is 1. The molecule has 3 N–H and O–H groups in total. The Morgan fingerprint density at radius 3 is 2.65 bits per heavy atom. The fraction of sp³-hybridized carbons (Fsp3) is 0.692. The SMILES string of the molecule is COCCn1nc(C)c(CN=C(N)NC(C)C)c1C.I. The summed E-state index contributed by atoms with van der Waals surface area (Å²) in [6.07, 6.45) is 0. The number of nitrogens with zero attached hydrogens (tertiary/aromatic N) is 3. The second-order valence-electron chi connectivity index (χ2n) is 4.87. The van der Waals surface area contributed by atoms with Crippen LogP contribution in [0.3, 0.4) is 0 Å². The van der Waals surface area contributed by atoms with E-state index in [1.54, 1.807) is 7.11 Å². The number of aliphatic imine (C=N–C) groups is 1. The smallest absolute Gasteiger partial charge is 0.189 e. The molecule has 0 spiro atoms. The van der Waals surface area contributed by atoms with Crippen LogP contribution in [0.15, 0.2) is 4.99 Å². The molecule has 1 heterocycles. The molecule has 20 heavy (non-hydrogen) atoms. The highest BCUT2D eigenvalue weighted by Gasteiger charge is 2.10. The summed E-state index contributed by atoms with van der Waals surface area (Å²) in [5, 5.41) is 7.57. The first kappa shape index (κ1) is 19.2. The monoisotopic (exact) mass is 395 g/mol. The Morgan fingerprint density at radius 1 is 1.45 bits per heavy atom. The van der Waals surface area contributed by atoms with E-state index in [0.29, 0.717) is 19.1 Å². The van der Waals surface area contributed by atoms with Crippen LogP contribution in [0.2, 0.25) is 0 Å². The van der Waals surface area contributed by atoms with Crippen molar-refractivity contribution in [2.24, 2.45) is 10.7 Å². The predicted octanol–water partition coefficient (Wildman–Crippen LogP) is 1.58. The average molecular weight is 395 g/mol. The molecule has 0 saturated carbocycles. The molecule has 1 aromatic rings. The second-order valence-corrected chi connectivity index (χ2v) is 4.87. The molecule has 0 fully saturated rings. The Balaban J connectivity index is 0.00000361. The van der Waals surface area contributed by atoms with Crippen molar-refractivity contribution >= 4 is 29.9 Å². The van der Waals surface area contributed by atoms with E-state index in [-0.39, 0.29) is 30.0 Å². The summed E-state index contributed by atoms with van der Waals surface area (Å²) >= 11 is 0. The molecule has 0 aliphatic carbocycles. The zero-order chi connectivity index (χ0) is 14.4. The molecule has 0 unspecified atom stereocenters. The van der Waals surface area contributed by atoms with Gasteiger partial charge in [0.25, 0.3) is 0 Å². The lowest BCUT2D eigenvalue weighted by Crippen LogP contribution is -2.36. The number of aryl methyl sites for hydroxylation is 1. The maximum atomic E-state index is 5.80. The first-order valence-corrected chi connectivity index (χ1v) is 6.54. The van der Waals surface area contributed by atoms with Crippen LogP contribution in [-0.2, 0) is 17.8 Å². The van der Waals surface area contributed by atoms with Gasteiger partial charge in [0.05, 0.1) is 25.4 Å². The van der Waals surface area contributed by atoms with Crippen molar-refractivity contribution < 1.29 is 4.74 Å². The van der Waals surface area contributed by atoms with Gasteiger partial charge in [-0.1, -0.05) is 0 Å². The highest BCUT2D eigenvalue weighted by molar-refractivity contribution is 14.0. The van der Waals surface area contributed by atoms with Gasteiger partial charge in [0.15, 0.2) is 5.96 Å². The van der Waals surface area contributed by atoms with Crippen LogP contribution in [-0.4, -0.2) is 35.5 Å². The molecule has 0 bridgehead atoms. The van der Waals surface area contributed by atoms with Crippen LogP contribution in [0.25, 0.3) is 0 Å². The van der Waals surface area contributed by atoms with Crippen LogP contribution in [0.1, 0.15) is 30.8 Å². The summed E-state index contributed by atoms with van der Waals surface area (Å²) in [7, 11) is 1.69. The van der Waals surface area contributed by atoms with Gasteiger partial charge in [0.1, 0.15) is 0 Å². The van der Waals surface area contributed by atoms with Crippen molar-refractivity contribution in [2.75, 3.05) is 13.7 Å². The summed E-state index contributed by atoms with van der Waals surface area (Å²) in [5.74, 6) is 0.471. The van der Waals surface area contributed by atoms with Crippen LogP contribution in [0.5, 0.6) is 0 Å². The summed E-state index contributed by atoms with van der Waals surface area (Å²) in [6.45, 7) is 10.1. The Morgan fingerprint density at radius 2 is 2.10 bits per heavy atom. The van der Waals surface area contributed by atoms with Gasteiger partial charge in [-0.15, -0.1) is 24.0 Å². The molecule has 1 aromatic heterocycles. The van der Waals surface area contributed by atoms with E-state index in [4.69, 9.17) is 10.5 Å². The minimum absolute atomic E-state index is 0. The third-order valence-electron chi connectivity index (χ3n) is 2.88. The first-order chi connectivity index (χ1) is 8.95. The maximum absolute atomic E-state index is 5.80. The van der Waals surface area contributed by atoms with Gasteiger partial charge in [0.2, 0.25) is 0 Å². The Labute approximate surface area is 138 Å². The second kappa shape index (κ2) is 9.17. The average Bonchev–Trinajstić information content (AvgIpc) is 2.58. The van der Waals surface area contributed by atoms with Crippen LogP contribution >= 0.6 is 24.0 Å². The minimum atomic E-state index is 0. The summed E-state index contributed by atoms with van der Waals surface area (Å²) in [6, 6.07) is 0.287. The zero-order valence-electron chi connectivity index (χ0n) is 12.9.